The molecule has 0 amide bonds. The normalized spacial score (nSPS) is 10.5. The van der Waals surface area contributed by atoms with E-state index < -0.39 is 0 Å². The van der Waals surface area contributed by atoms with Crippen LogP contribution < -0.4 is 10.2 Å². The van der Waals surface area contributed by atoms with Gasteiger partial charge in [0, 0.05) is 31.2 Å². The lowest BCUT2D eigenvalue weighted by atomic mass is 10.2. The van der Waals surface area contributed by atoms with Gasteiger partial charge in [-0.2, -0.15) is 0 Å². The first-order valence-electron chi connectivity index (χ1n) is 6.75. The van der Waals surface area contributed by atoms with E-state index in [1.807, 2.05) is 43.6 Å². The number of nitrogens with one attached hydrogen (secondary N) is 1. The van der Waals surface area contributed by atoms with Crippen molar-refractivity contribution in [2.45, 2.75) is 18.6 Å². The van der Waals surface area contributed by atoms with Crippen LogP contribution in [0.3, 0.4) is 0 Å². The van der Waals surface area contributed by atoms with E-state index in [-0.39, 0.29) is 0 Å². The highest BCUT2D eigenvalue weighted by Gasteiger charge is 2.08. The van der Waals surface area contributed by atoms with Gasteiger partial charge in [0.25, 0.3) is 0 Å². The minimum atomic E-state index is 0.752. The van der Waals surface area contributed by atoms with Gasteiger partial charge < -0.3 is 10.2 Å². The van der Waals surface area contributed by atoms with Crippen molar-refractivity contribution < 1.29 is 0 Å². The SMILES string of the molecule is CCNc1cc(N(C)Cc2ccc(Cl)cc2)nc(SC)n1. The molecule has 1 heterocycles. The number of anilines is 2. The molecule has 0 radical (unpaired) electrons. The van der Waals surface area contributed by atoms with Crippen molar-refractivity contribution >= 4 is 35.0 Å². The molecular formula is C15H19ClN4S. The van der Waals surface area contributed by atoms with Crippen molar-refractivity contribution in [3.8, 4) is 0 Å². The van der Waals surface area contributed by atoms with Crippen LogP contribution in [0.5, 0.6) is 0 Å². The first-order valence-corrected chi connectivity index (χ1v) is 8.35. The average Bonchev–Trinajstić information content (AvgIpc) is 2.49. The summed E-state index contributed by atoms with van der Waals surface area (Å²) in [7, 11) is 2.02. The minimum Gasteiger partial charge on any atom is -0.370 e. The molecule has 1 N–H and O–H groups in total. The zero-order valence-corrected chi connectivity index (χ0v) is 14.0. The maximum atomic E-state index is 5.92. The third-order valence-corrected chi connectivity index (χ3v) is 3.76. The largest absolute Gasteiger partial charge is 0.370 e. The standard InChI is InChI=1S/C15H19ClN4S/c1-4-17-13-9-14(19-15(18-13)21-3)20(2)10-11-5-7-12(16)8-6-11/h5-9H,4,10H2,1-3H3,(H,17,18,19). The number of benzene rings is 1. The Morgan fingerprint density at radius 1 is 1.24 bits per heavy atom. The molecule has 0 aliphatic carbocycles. The molecule has 2 aromatic rings. The second kappa shape index (κ2) is 7.52. The third-order valence-electron chi connectivity index (χ3n) is 2.96. The Kier molecular flexibility index (Phi) is 5.70. The highest BCUT2D eigenvalue weighted by atomic mass is 35.5. The van der Waals surface area contributed by atoms with Crippen molar-refractivity contribution in [1.82, 2.24) is 9.97 Å². The predicted molar refractivity (Wildman–Crippen MR) is 91.5 cm³/mol. The zero-order chi connectivity index (χ0) is 15.2. The molecule has 6 heteroatoms. The lowest BCUT2D eigenvalue weighted by molar-refractivity contribution is 0.856. The topological polar surface area (TPSA) is 41.0 Å². The number of halogens is 1. The summed E-state index contributed by atoms with van der Waals surface area (Å²) in [5, 5.41) is 4.76. The van der Waals surface area contributed by atoms with E-state index in [9.17, 15) is 0 Å². The van der Waals surface area contributed by atoms with Crippen LogP contribution >= 0.6 is 23.4 Å². The highest BCUT2D eigenvalue weighted by Crippen LogP contribution is 2.21. The van der Waals surface area contributed by atoms with Crippen molar-refractivity contribution in [3.05, 3.63) is 40.9 Å². The van der Waals surface area contributed by atoms with Gasteiger partial charge >= 0.3 is 0 Å². The Morgan fingerprint density at radius 3 is 2.57 bits per heavy atom. The first kappa shape index (κ1) is 15.9. The van der Waals surface area contributed by atoms with Gasteiger partial charge in [-0.05, 0) is 30.9 Å². The summed E-state index contributed by atoms with van der Waals surface area (Å²) in [6.07, 6.45) is 1.98. The summed E-state index contributed by atoms with van der Waals surface area (Å²) < 4.78 is 0. The molecule has 112 valence electrons. The molecule has 0 unspecified atom stereocenters. The van der Waals surface area contributed by atoms with Gasteiger partial charge in [-0.25, -0.2) is 9.97 Å². The van der Waals surface area contributed by atoms with Crippen LogP contribution in [-0.4, -0.2) is 29.8 Å². The van der Waals surface area contributed by atoms with Crippen LogP contribution in [0.4, 0.5) is 11.6 Å². The number of aromatic nitrogens is 2. The minimum absolute atomic E-state index is 0.752. The summed E-state index contributed by atoms with van der Waals surface area (Å²) in [6.45, 7) is 3.66. The Bertz CT molecular complexity index is 589. The molecule has 0 saturated heterocycles. The zero-order valence-electron chi connectivity index (χ0n) is 12.4. The third kappa shape index (κ3) is 4.51. The molecule has 0 bridgehead atoms. The summed E-state index contributed by atoms with van der Waals surface area (Å²) in [5.74, 6) is 1.76. The number of thioether (sulfide) groups is 1. The van der Waals surface area contributed by atoms with Gasteiger partial charge in [0.1, 0.15) is 11.6 Å². The summed E-state index contributed by atoms with van der Waals surface area (Å²) in [5.41, 5.74) is 1.19. The van der Waals surface area contributed by atoms with Crippen LogP contribution in [0, 0.1) is 0 Å². The second-order valence-electron chi connectivity index (χ2n) is 4.61. The summed E-state index contributed by atoms with van der Waals surface area (Å²) in [6, 6.07) is 9.84. The highest BCUT2D eigenvalue weighted by molar-refractivity contribution is 7.98. The molecular weight excluding hydrogens is 304 g/mol. The fraction of sp³-hybridized carbons (Fsp3) is 0.333. The molecule has 1 aromatic heterocycles. The molecule has 2 rings (SSSR count). The monoisotopic (exact) mass is 322 g/mol. The Balaban J connectivity index is 2.19. The van der Waals surface area contributed by atoms with Crippen LogP contribution in [0.2, 0.25) is 5.02 Å². The van der Waals surface area contributed by atoms with E-state index in [2.05, 4.69) is 27.1 Å². The van der Waals surface area contributed by atoms with E-state index in [1.165, 1.54) is 5.56 Å². The molecule has 0 fully saturated rings. The molecule has 1 aromatic carbocycles. The molecule has 0 saturated carbocycles. The number of nitrogens with zero attached hydrogens (tertiary/aromatic N) is 3. The summed E-state index contributed by atoms with van der Waals surface area (Å²) >= 11 is 7.46. The van der Waals surface area contributed by atoms with Gasteiger partial charge in [0.15, 0.2) is 5.16 Å². The van der Waals surface area contributed by atoms with E-state index >= 15 is 0 Å². The lowest BCUT2D eigenvalue weighted by Crippen LogP contribution is -2.18. The van der Waals surface area contributed by atoms with Gasteiger partial charge in [0.2, 0.25) is 0 Å². The van der Waals surface area contributed by atoms with Crippen molar-refractivity contribution in [1.29, 1.82) is 0 Å². The van der Waals surface area contributed by atoms with Gasteiger partial charge in [-0.1, -0.05) is 35.5 Å². The first-order chi connectivity index (χ1) is 10.1. The van der Waals surface area contributed by atoms with Crippen molar-refractivity contribution in [2.75, 3.05) is 30.1 Å². The van der Waals surface area contributed by atoms with E-state index in [0.717, 1.165) is 34.9 Å². The van der Waals surface area contributed by atoms with Crippen LogP contribution in [-0.2, 0) is 6.54 Å². The molecule has 21 heavy (non-hydrogen) atoms. The smallest absolute Gasteiger partial charge is 0.191 e. The van der Waals surface area contributed by atoms with Gasteiger partial charge in [-0.15, -0.1) is 0 Å². The maximum Gasteiger partial charge on any atom is 0.191 e. The van der Waals surface area contributed by atoms with E-state index in [1.54, 1.807) is 11.8 Å². The van der Waals surface area contributed by atoms with Gasteiger partial charge in [-0.3, -0.25) is 0 Å². The van der Waals surface area contributed by atoms with Crippen molar-refractivity contribution in [2.24, 2.45) is 0 Å². The van der Waals surface area contributed by atoms with Crippen molar-refractivity contribution in [3.63, 3.8) is 0 Å². The molecule has 4 nitrogen and oxygen atoms in total. The maximum absolute atomic E-state index is 5.92. The van der Waals surface area contributed by atoms with E-state index in [0.29, 0.717) is 0 Å². The molecule has 0 atom stereocenters. The number of hydrogen-bond donors (Lipinski definition) is 1. The number of hydrogen-bond acceptors (Lipinski definition) is 5. The number of rotatable bonds is 6. The molecule has 0 aliphatic rings. The fourth-order valence-electron chi connectivity index (χ4n) is 1.92. The predicted octanol–water partition coefficient (Wildman–Crippen LogP) is 3.92. The van der Waals surface area contributed by atoms with Crippen LogP contribution in [0.15, 0.2) is 35.5 Å². The molecule has 0 spiro atoms. The Hall–Kier alpha value is -1.46. The lowest BCUT2D eigenvalue weighted by Gasteiger charge is -2.19. The van der Waals surface area contributed by atoms with Gasteiger partial charge in [0.05, 0.1) is 0 Å². The average molecular weight is 323 g/mol. The van der Waals surface area contributed by atoms with Crippen LogP contribution in [0.1, 0.15) is 12.5 Å². The quantitative estimate of drug-likeness (QED) is 0.645. The Labute approximate surface area is 134 Å². The van der Waals surface area contributed by atoms with Crippen LogP contribution in [0.25, 0.3) is 0 Å². The second-order valence-corrected chi connectivity index (χ2v) is 5.82. The summed E-state index contributed by atoms with van der Waals surface area (Å²) in [4.78, 5) is 11.1. The fourth-order valence-corrected chi connectivity index (χ4v) is 2.42. The molecule has 0 aliphatic heterocycles. The Morgan fingerprint density at radius 2 is 1.95 bits per heavy atom. The van der Waals surface area contributed by atoms with E-state index in [4.69, 9.17) is 11.6 Å².